The molecule has 1 aromatic carbocycles. The predicted octanol–water partition coefficient (Wildman–Crippen LogP) is 3.71. The summed E-state index contributed by atoms with van der Waals surface area (Å²) in [6.07, 6.45) is -2.82. The number of carbonyl (C=O) groups is 1. The van der Waals surface area contributed by atoms with Gasteiger partial charge in [-0.2, -0.15) is 13.2 Å². The van der Waals surface area contributed by atoms with Crippen LogP contribution in [0.5, 0.6) is 0 Å². The van der Waals surface area contributed by atoms with Gasteiger partial charge in [-0.3, -0.25) is 9.69 Å². The van der Waals surface area contributed by atoms with Crippen molar-refractivity contribution in [2.45, 2.75) is 25.6 Å². The van der Waals surface area contributed by atoms with Gasteiger partial charge in [0, 0.05) is 26.2 Å². The Morgan fingerprint density at radius 1 is 1.07 bits per heavy atom. The molecule has 0 aliphatic carbocycles. The number of halogens is 4. The van der Waals surface area contributed by atoms with Crippen LogP contribution in [0.4, 0.5) is 17.6 Å². The van der Waals surface area contributed by atoms with E-state index in [9.17, 15) is 22.4 Å². The molecule has 1 amide bonds. The number of hydrogen-bond donors (Lipinski definition) is 0. The van der Waals surface area contributed by atoms with Crippen LogP contribution in [0.15, 0.2) is 41.0 Å². The summed E-state index contributed by atoms with van der Waals surface area (Å²) in [5.74, 6) is -0.901. The zero-order valence-electron chi connectivity index (χ0n) is 14.6. The van der Waals surface area contributed by atoms with Crippen LogP contribution in [0, 0.1) is 5.82 Å². The van der Waals surface area contributed by atoms with E-state index in [0.717, 1.165) is 24.8 Å². The van der Waals surface area contributed by atoms with E-state index < -0.39 is 17.6 Å². The molecule has 1 aliphatic rings. The Labute approximate surface area is 154 Å². The van der Waals surface area contributed by atoms with Gasteiger partial charge in [0.1, 0.15) is 11.6 Å². The molecule has 0 unspecified atom stereocenters. The molecule has 3 rings (SSSR count). The molecular formula is C19H20F4N2O2. The molecule has 0 atom stereocenters. The van der Waals surface area contributed by atoms with Crippen LogP contribution in [0.3, 0.4) is 0 Å². The van der Waals surface area contributed by atoms with Crippen LogP contribution in [-0.2, 0) is 23.9 Å². The Morgan fingerprint density at radius 2 is 1.89 bits per heavy atom. The van der Waals surface area contributed by atoms with Crippen molar-refractivity contribution >= 4 is 5.91 Å². The second-order valence-electron chi connectivity index (χ2n) is 6.54. The number of hydrogen-bond acceptors (Lipinski definition) is 3. The monoisotopic (exact) mass is 384 g/mol. The average Bonchev–Trinajstić information content (AvgIpc) is 3.00. The third kappa shape index (κ3) is 4.88. The molecule has 1 fully saturated rings. The van der Waals surface area contributed by atoms with Gasteiger partial charge in [0.2, 0.25) is 5.91 Å². The molecule has 1 aliphatic heterocycles. The number of furan rings is 1. The molecule has 0 radical (unpaired) electrons. The van der Waals surface area contributed by atoms with Crippen LogP contribution in [-0.4, -0.2) is 41.9 Å². The van der Waals surface area contributed by atoms with Crippen LogP contribution in [0.25, 0.3) is 0 Å². The van der Waals surface area contributed by atoms with Gasteiger partial charge in [-0.25, -0.2) is 4.39 Å². The fourth-order valence-electron chi connectivity index (χ4n) is 3.21. The number of alkyl halides is 3. The largest absolute Gasteiger partial charge is 0.468 e. The van der Waals surface area contributed by atoms with Gasteiger partial charge in [-0.15, -0.1) is 0 Å². The van der Waals surface area contributed by atoms with Gasteiger partial charge in [0.15, 0.2) is 0 Å². The summed E-state index contributed by atoms with van der Waals surface area (Å²) in [5.41, 5.74) is -1.57. The highest BCUT2D eigenvalue weighted by atomic mass is 19.4. The van der Waals surface area contributed by atoms with Crippen molar-refractivity contribution in [3.63, 3.8) is 0 Å². The van der Waals surface area contributed by atoms with Gasteiger partial charge in [0.05, 0.1) is 24.8 Å². The Bertz CT molecular complexity index is 775. The van der Waals surface area contributed by atoms with E-state index in [1.54, 1.807) is 11.2 Å². The maximum Gasteiger partial charge on any atom is 0.419 e. The molecule has 8 heteroatoms. The Hall–Kier alpha value is -2.35. The first kappa shape index (κ1) is 19.4. The minimum Gasteiger partial charge on any atom is -0.468 e. The van der Waals surface area contributed by atoms with Crippen LogP contribution in [0.2, 0.25) is 0 Å². The highest BCUT2D eigenvalue weighted by molar-refractivity contribution is 5.79. The van der Waals surface area contributed by atoms with Crippen molar-refractivity contribution in [2.75, 3.05) is 26.2 Å². The standard InChI is InChI=1S/C19H20F4N2O2/c20-18-14(4-1-6-16(18)19(21,22)23)12-17(26)25-8-3-7-24(9-10-25)13-15-5-2-11-27-15/h1-2,4-6,11H,3,7-10,12-13H2. The van der Waals surface area contributed by atoms with E-state index in [2.05, 4.69) is 4.90 Å². The molecule has 0 N–H and O–H groups in total. The van der Waals surface area contributed by atoms with E-state index in [1.165, 1.54) is 6.07 Å². The van der Waals surface area contributed by atoms with E-state index in [4.69, 9.17) is 4.42 Å². The molecule has 1 saturated heterocycles. The van der Waals surface area contributed by atoms with Crippen LogP contribution in [0.1, 0.15) is 23.3 Å². The lowest BCUT2D eigenvalue weighted by molar-refractivity contribution is -0.140. The lowest BCUT2D eigenvalue weighted by Crippen LogP contribution is -2.36. The SMILES string of the molecule is O=C(Cc1cccc(C(F)(F)F)c1F)N1CCCN(Cc2ccco2)CC1. The van der Waals surface area contributed by atoms with Crippen LogP contribution < -0.4 is 0 Å². The number of amides is 1. The molecule has 2 aromatic rings. The van der Waals surface area contributed by atoms with E-state index in [1.807, 2.05) is 12.1 Å². The average molecular weight is 384 g/mol. The summed E-state index contributed by atoms with van der Waals surface area (Å²) < 4.78 is 57.9. The summed E-state index contributed by atoms with van der Waals surface area (Å²) in [5, 5.41) is 0. The highest BCUT2D eigenvalue weighted by Crippen LogP contribution is 2.32. The van der Waals surface area contributed by atoms with Gasteiger partial charge >= 0.3 is 6.18 Å². The third-order valence-electron chi connectivity index (χ3n) is 4.63. The number of benzene rings is 1. The highest BCUT2D eigenvalue weighted by Gasteiger charge is 2.35. The van der Waals surface area contributed by atoms with E-state index in [-0.39, 0.29) is 17.9 Å². The van der Waals surface area contributed by atoms with Crippen LogP contribution >= 0.6 is 0 Å². The van der Waals surface area contributed by atoms with E-state index >= 15 is 0 Å². The molecule has 2 heterocycles. The fraction of sp³-hybridized carbons (Fsp3) is 0.421. The Morgan fingerprint density at radius 3 is 2.59 bits per heavy atom. The normalized spacial score (nSPS) is 16.4. The second kappa shape index (κ2) is 8.12. The molecule has 27 heavy (non-hydrogen) atoms. The summed E-state index contributed by atoms with van der Waals surface area (Å²) >= 11 is 0. The molecule has 4 nitrogen and oxygen atoms in total. The number of nitrogens with zero attached hydrogens (tertiary/aromatic N) is 2. The minimum atomic E-state index is -4.78. The first-order valence-electron chi connectivity index (χ1n) is 8.71. The van der Waals surface area contributed by atoms with Crippen molar-refractivity contribution in [3.05, 3.63) is 59.3 Å². The molecule has 1 aromatic heterocycles. The summed E-state index contributed by atoms with van der Waals surface area (Å²) in [6.45, 7) is 2.98. The van der Waals surface area contributed by atoms with Gasteiger partial charge < -0.3 is 9.32 Å². The molecule has 0 saturated carbocycles. The second-order valence-corrected chi connectivity index (χ2v) is 6.54. The lowest BCUT2D eigenvalue weighted by Gasteiger charge is -2.22. The third-order valence-corrected chi connectivity index (χ3v) is 4.63. The zero-order valence-corrected chi connectivity index (χ0v) is 14.6. The molecule has 146 valence electrons. The maximum absolute atomic E-state index is 14.1. The summed E-state index contributed by atoms with van der Waals surface area (Å²) in [7, 11) is 0. The van der Waals surface area contributed by atoms with Crippen molar-refractivity contribution in [2.24, 2.45) is 0 Å². The van der Waals surface area contributed by atoms with Crippen molar-refractivity contribution < 1.29 is 26.8 Å². The van der Waals surface area contributed by atoms with Gasteiger partial charge in [-0.1, -0.05) is 12.1 Å². The zero-order chi connectivity index (χ0) is 19.4. The Balaban J connectivity index is 1.62. The smallest absolute Gasteiger partial charge is 0.419 e. The lowest BCUT2D eigenvalue weighted by atomic mass is 10.1. The fourth-order valence-corrected chi connectivity index (χ4v) is 3.21. The topological polar surface area (TPSA) is 36.7 Å². The van der Waals surface area contributed by atoms with Crippen molar-refractivity contribution in [1.82, 2.24) is 9.80 Å². The maximum atomic E-state index is 14.1. The first-order valence-corrected chi connectivity index (χ1v) is 8.71. The Kier molecular flexibility index (Phi) is 5.84. The van der Waals surface area contributed by atoms with Crippen molar-refractivity contribution in [3.8, 4) is 0 Å². The van der Waals surface area contributed by atoms with Crippen molar-refractivity contribution in [1.29, 1.82) is 0 Å². The first-order chi connectivity index (χ1) is 12.8. The predicted molar refractivity (Wildman–Crippen MR) is 90.3 cm³/mol. The van der Waals surface area contributed by atoms with E-state index in [0.29, 0.717) is 32.2 Å². The molecule has 0 spiro atoms. The summed E-state index contributed by atoms with van der Waals surface area (Å²) in [4.78, 5) is 16.2. The number of rotatable bonds is 4. The quantitative estimate of drug-likeness (QED) is 0.754. The molecule has 0 bridgehead atoms. The minimum absolute atomic E-state index is 0.230. The van der Waals surface area contributed by atoms with Gasteiger partial charge in [-0.05, 0) is 30.2 Å². The molecular weight excluding hydrogens is 364 g/mol. The van der Waals surface area contributed by atoms with Gasteiger partial charge in [0.25, 0.3) is 0 Å². The summed E-state index contributed by atoms with van der Waals surface area (Å²) in [6, 6.07) is 6.73. The number of carbonyl (C=O) groups excluding carboxylic acids is 1.